The Morgan fingerprint density at radius 2 is 2.22 bits per heavy atom. The van der Waals surface area contributed by atoms with E-state index in [1.54, 1.807) is 6.08 Å². The number of rotatable bonds is 7. The average Bonchev–Trinajstić information content (AvgIpc) is 2.67. The van der Waals surface area contributed by atoms with Crippen LogP contribution < -0.4 is 0 Å². The largest absolute Gasteiger partial charge is 0.393 e. The fraction of sp³-hybridized carbons (Fsp3) is 0.750. The standard InChI is InChI=1S/C20H33NO2/c1-16(2)9-10-19(22)17(3)7-5-12-20(4)13-6-8-18(11-14-21)15-23-20/h9,11,17,19,22H,5-8,10,12-13,15H2,1-4H3/b18-11+/t17?,19?,20-/m0/s1. The maximum atomic E-state index is 10.2. The Kier molecular flexibility index (Phi) is 8.58. The molecule has 0 aromatic heterocycles. The molecule has 0 amide bonds. The van der Waals surface area contributed by atoms with Crippen molar-refractivity contribution >= 4 is 0 Å². The molecule has 1 N–H and O–H groups in total. The van der Waals surface area contributed by atoms with Crippen molar-refractivity contribution in [2.45, 2.75) is 84.3 Å². The number of hydrogen-bond acceptors (Lipinski definition) is 3. The van der Waals surface area contributed by atoms with Crippen LogP contribution in [-0.4, -0.2) is 23.4 Å². The zero-order valence-corrected chi connectivity index (χ0v) is 15.3. The summed E-state index contributed by atoms with van der Waals surface area (Å²) >= 11 is 0. The molecule has 0 saturated carbocycles. The fourth-order valence-electron chi connectivity index (χ4n) is 3.08. The summed E-state index contributed by atoms with van der Waals surface area (Å²) in [6.45, 7) is 9.04. The van der Waals surface area contributed by atoms with Gasteiger partial charge in [-0.05, 0) is 70.8 Å². The van der Waals surface area contributed by atoms with Crippen LogP contribution in [0, 0.1) is 17.2 Å². The van der Waals surface area contributed by atoms with Crippen LogP contribution in [0.2, 0.25) is 0 Å². The van der Waals surface area contributed by atoms with Crippen molar-refractivity contribution in [3.8, 4) is 6.07 Å². The lowest BCUT2D eigenvalue weighted by molar-refractivity contribution is -0.0287. The first-order valence-corrected chi connectivity index (χ1v) is 8.89. The van der Waals surface area contributed by atoms with Gasteiger partial charge in [0.1, 0.15) is 0 Å². The number of aliphatic hydroxyl groups is 1. The van der Waals surface area contributed by atoms with Crippen LogP contribution in [0.25, 0.3) is 0 Å². The summed E-state index contributed by atoms with van der Waals surface area (Å²) in [5.74, 6) is 0.314. The molecule has 1 heterocycles. The molecule has 130 valence electrons. The molecule has 0 spiro atoms. The van der Waals surface area contributed by atoms with Gasteiger partial charge >= 0.3 is 0 Å². The number of ether oxygens (including phenoxy) is 1. The quantitative estimate of drug-likeness (QED) is 0.535. The molecule has 1 saturated heterocycles. The van der Waals surface area contributed by atoms with E-state index in [4.69, 9.17) is 10.00 Å². The highest BCUT2D eigenvalue weighted by atomic mass is 16.5. The van der Waals surface area contributed by atoms with E-state index in [1.165, 1.54) is 5.57 Å². The van der Waals surface area contributed by atoms with E-state index in [9.17, 15) is 5.11 Å². The van der Waals surface area contributed by atoms with E-state index < -0.39 is 0 Å². The Morgan fingerprint density at radius 1 is 1.48 bits per heavy atom. The number of hydrogen-bond donors (Lipinski definition) is 1. The highest BCUT2D eigenvalue weighted by Gasteiger charge is 2.27. The molecule has 0 bridgehead atoms. The van der Waals surface area contributed by atoms with Gasteiger partial charge in [-0.15, -0.1) is 0 Å². The van der Waals surface area contributed by atoms with E-state index in [0.29, 0.717) is 12.5 Å². The van der Waals surface area contributed by atoms with E-state index in [1.807, 2.05) is 0 Å². The Bertz CT molecular complexity index is 457. The normalized spacial score (nSPS) is 26.2. The van der Waals surface area contributed by atoms with Crippen LogP contribution in [0.5, 0.6) is 0 Å². The molecule has 3 nitrogen and oxygen atoms in total. The molecular weight excluding hydrogens is 286 g/mol. The second kappa shape index (κ2) is 9.90. The summed E-state index contributed by atoms with van der Waals surface area (Å²) < 4.78 is 6.09. The number of allylic oxidation sites excluding steroid dienone is 2. The second-order valence-corrected chi connectivity index (χ2v) is 7.48. The lowest BCUT2D eigenvalue weighted by Gasteiger charge is -2.29. The third-order valence-electron chi connectivity index (χ3n) is 4.87. The van der Waals surface area contributed by atoms with E-state index >= 15 is 0 Å². The molecule has 0 aromatic carbocycles. The first kappa shape index (κ1) is 19.9. The SMILES string of the molecule is CC(C)=CCC(O)C(C)CCC[C@@]1(C)CCC/C(=C\C#N)CO1. The van der Waals surface area contributed by atoms with Gasteiger partial charge in [0.25, 0.3) is 0 Å². The average molecular weight is 319 g/mol. The first-order valence-electron chi connectivity index (χ1n) is 8.89. The van der Waals surface area contributed by atoms with Gasteiger partial charge in [-0.3, -0.25) is 0 Å². The predicted octanol–water partition coefficient (Wildman–Crippen LogP) is 4.92. The summed E-state index contributed by atoms with van der Waals surface area (Å²) in [4.78, 5) is 0. The molecule has 23 heavy (non-hydrogen) atoms. The summed E-state index contributed by atoms with van der Waals surface area (Å²) in [6, 6.07) is 2.11. The van der Waals surface area contributed by atoms with E-state index in [2.05, 4.69) is 39.8 Å². The van der Waals surface area contributed by atoms with Gasteiger partial charge in [0, 0.05) is 6.08 Å². The minimum atomic E-state index is -0.252. The Labute approximate surface area is 142 Å². The van der Waals surface area contributed by atoms with Crippen molar-refractivity contribution in [3.05, 3.63) is 23.3 Å². The first-order chi connectivity index (χ1) is 10.9. The highest BCUT2D eigenvalue weighted by Crippen LogP contribution is 2.31. The zero-order chi connectivity index (χ0) is 17.3. The monoisotopic (exact) mass is 319 g/mol. The summed E-state index contributed by atoms with van der Waals surface area (Å²) in [6.07, 6.45) is 10.5. The molecule has 0 aliphatic carbocycles. The molecule has 0 radical (unpaired) electrons. The molecule has 2 unspecified atom stereocenters. The minimum Gasteiger partial charge on any atom is -0.393 e. The van der Waals surface area contributed by atoms with Crippen molar-refractivity contribution < 1.29 is 9.84 Å². The molecule has 1 aliphatic rings. The highest BCUT2D eigenvalue weighted by molar-refractivity contribution is 5.14. The lowest BCUT2D eigenvalue weighted by Crippen LogP contribution is -2.28. The molecular formula is C20H33NO2. The van der Waals surface area contributed by atoms with Crippen LogP contribution in [0.1, 0.15) is 72.6 Å². The van der Waals surface area contributed by atoms with Crippen molar-refractivity contribution in [1.29, 1.82) is 5.26 Å². The van der Waals surface area contributed by atoms with Gasteiger partial charge < -0.3 is 9.84 Å². The molecule has 1 aliphatic heterocycles. The second-order valence-electron chi connectivity index (χ2n) is 7.48. The van der Waals surface area contributed by atoms with E-state index in [0.717, 1.165) is 50.5 Å². The third kappa shape index (κ3) is 7.81. The number of nitrogens with zero attached hydrogens (tertiary/aromatic N) is 1. The smallest absolute Gasteiger partial charge is 0.0912 e. The van der Waals surface area contributed by atoms with Gasteiger partial charge in [0.2, 0.25) is 0 Å². The minimum absolute atomic E-state index is 0.0877. The Morgan fingerprint density at radius 3 is 2.87 bits per heavy atom. The predicted molar refractivity (Wildman–Crippen MR) is 95.0 cm³/mol. The summed E-state index contributed by atoms with van der Waals surface area (Å²) in [5, 5.41) is 19.0. The lowest BCUT2D eigenvalue weighted by atomic mass is 9.89. The van der Waals surface area contributed by atoms with Crippen molar-refractivity contribution in [1.82, 2.24) is 0 Å². The number of aliphatic hydroxyl groups excluding tert-OH is 1. The molecule has 1 rings (SSSR count). The van der Waals surface area contributed by atoms with Crippen molar-refractivity contribution in [2.75, 3.05) is 6.61 Å². The molecule has 1 fully saturated rings. The summed E-state index contributed by atoms with van der Waals surface area (Å²) in [7, 11) is 0. The van der Waals surface area contributed by atoms with Gasteiger partial charge in [0.05, 0.1) is 24.4 Å². The maximum Gasteiger partial charge on any atom is 0.0912 e. The van der Waals surface area contributed by atoms with Gasteiger partial charge in [-0.2, -0.15) is 5.26 Å². The summed E-state index contributed by atoms with van der Waals surface area (Å²) in [5.41, 5.74) is 2.29. The van der Waals surface area contributed by atoms with Crippen LogP contribution >= 0.6 is 0 Å². The van der Waals surface area contributed by atoms with Crippen LogP contribution in [0.15, 0.2) is 23.3 Å². The van der Waals surface area contributed by atoms with Gasteiger partial charge in [0.15, 0.2) is 0 Å². The van der Waals surface area contributed by atoms with Crippen LogP contribution in [0.4, 0.5) is 0 Å². The molecule has 3 heteroatoms. The Balaban J connectivity index is 2.38. The fourth-order valence-corrected chi connectivity index (χ4v) is 3.08. The molecule has 3 atom stereocenters. The van der Waals surface area contributed by atoms with Crippen LogP contribution in [-0.2, 0) is 4.74 Å². The van der Waals surface area contributed by atoms with Crippen molar-refractivity contribution in [2.24, 2.45) is 5.92 Å². The van der Waals surface area contributed by atoms with Gasteiger partial charge in [-0.25, -0.2) is 0 Å². The van der Waals surface area contributed by atoms with Gasteiger partial charge in [-0.1, -0.05) is 25.0 Å². The van der Waals surface area contributed by atoms with Crippen molar-refractivity contribution in [3.63, 3.8) is 0 Å². The molecule has 0 aromatic rings. The number of nitriles is 1. The van der Waals surface area contributed by atoms with Crippen LogP contribution in [0.3, 0.4) is 0 Å². The maximum absolute atomic E-state index is 10.2. The zero-order valence-electron chi connectivity index (χ0n) is 15.3. The third-order valence-corrected chi connectivity index (χ3v) is 4.87. The Hall–Kier alpha value is -1.11. The van der Waals surface area contributed by atoms with E-state index in [-0.39, 0.29) is 11.7 Å². The topological polar surface area (TPSA) is 53.2 Å².